The van der Waals surface area contributed by atoms with Crippen LogP contribution < -0.4 is 0 Å². The van der Waals surface area contributed by atoms with Gasteiger partial charge in [0.05, 0.1) is 0 Å². The molecule has 2 aliphatic carbocycles. The van der Waals surface area contributed by atoms with Crippen LogP contribution in [0.4, 0.5) is 74.6 Å². The molecule has 17 heteroatoms. The van der Waals surface area contributed by atoms with Crippen molar-refractivity contribution in [2.45, 2.75) is 150 Å². The summed E-state index contributed by atoms with van der Waals surface area (Å²) in [7, 11) is 0. The largest absolute Gasteiger partial charge is 0.460 e. The molecule has 2 saturated carbocycles. The molecule has 1 aromatic carbocycles. The SMILES string of the molecule is CCCCCCC[C@H]1CC[C@H](C2CCC(c3ccc(C(F)(F)C(F)(F)C(F)(F)C(F)(F)C(F)(F)C(F)(F)C(F)(F)C(F)(F)F)cc3)CC2)CC1. The van der Waals surface area contributed by atoms with E-state index in [1.54, 1.807) is 0 Å². The van der Waals surface area contributed by atoms with Crippen molar-refractivity contribution in [2.24, 2.45) is 17.8 Å². The zero-order chi connectivity index (χ0) is 38.2. The lowest BCUT2D eigenvalue weighted by Crippen LogP contribution is -2.74. The Morgan fingerprint density at radius 2 is 0.860 bits per heavy atom. The van der Waals surface area contributed by atoms with Crippen LogP contribution in [0.5, 0.6) is 0 Å². The molecule has 0 spiro atoms. The summed E-state index contributed by atoms with van der Waals surface area (Å²) >= 11 is 0. The van der Waals surface area contributed by atoms with Gasteiger partial charge in [-0.15, -0.1) is 0 Å². The number of halogens is 17. The van der Waals surface area contributed by atoms with Crippen molar-refractivity contribution in [3.63, 3.8) is 0 Å². The van der Waals surface area contributed by atoms with Crippen LogP contribution in [0, 0.1) is 17.8 Å². The lowest BCUT2D eigenvalue weighted by Gasteiger charge is -2.42. The molecule has 2 aliphatic rings. The molecule has 0 aliphatic heterocycles. The van der Waals surface area contributed by atoms with Crippen LogP contribution in [0.1, 0.15) is 114 Å². The van der Waals surface area contributed by atoms with E-state index in [1.807, 2.05) is 0 Å². The summed E-state index contributed by atoms with van der Waals surface area (Å²) in [6, 6.07) is 1.80. The Labute approximate surface area is 278 Å². The van der Waals surface area contributed by atoms with Gasteiger partial charge in [0.25, 0.3) is 0 Å². The van der Waals surface area contributed by atoms with Crippen LogP contribution in [-0.2, 0) is 5.92 Å². The smallest absolute Gasteiger partial charge is 0.194 e. The Bertz CT molecular complexity index is 1220. The Kier molecular flexibility index (Phi) is 12.6. The third-order valence-corrected chi connectivity index (χ3v) is 10.5. The van der Waals surface area contributed by atoms with Gasteiger partial charge in [-0.1, -0.05) is 82.6 Å². The molecular weight excluding hydrogens is 719 g/mol. The van der Waals surface area contributed by atoms with Gasteiger partial charge in [0.2, 0.25) is 0 Å². The number of alkyl halides is 17. The Morgan fingerprint density at radius 1 is 0.460 bits per heavy atom. The molecule has 2 fully saturated rings. The average molecular weight is 759 g/mol. The number of unbranched alkanes of at least 4 members (excludes halogenated alkanes) is 4. The topological polar surface area (TPSA) is 0 Å². The van der Waals surface area contributed by atoms with Crippen molar-refractivity contribution in [2.75, 3.05) is 0 Å². The number of hydrogen-bond donors (Lipinski definition) is 0. The fraction of sp³-hybridized carbons (Fsp3) is 0.818. The normalized spacial score (nSPS) is 24.0. The van der Waals surface area contributed by atoms with E-state index in [-0.39, 0.29) is 23.6 Å². The summed E-state index contributed by atoms with van der Waals surface area (Å²) in [6.45, 7) is 2.15. The molecule has 0 heterocycles. The van der Waals surface area contributed by atoms with Gasteiger partial charge < -0.3 is 0 Å². The fourth-order valence-corrected chi connectivity index (χ4v) is 7.22. The van der Waals surface area contributed by atoms with Gasteiger partial charge >= 0.3 is 47.6 Å². The van der Waals surface area contributed by atoms with Crippen LogP contribution in [0.2, 0.25) is 0 Å². The standard InChI is InChI=1S/C33H39F17/c1-2-3-4-5-6-7-20-8-10-21(11-9-20)22-12-14-23(15-13-22)24-16-18-25(19-17-24)26(34,35)27(36,37)28(38,39)29(40,41)30(42,43)31(44,45)32(46,47)33(48,49)50/h16-23H,2-15H2,1H3/t20-,21-,22?,23?. The highest BCUT2D eigenvalue weighted by atomic mass is 19.4. The average Bonchev–Trinajstić information content (AvgIpc) is 3.04. The van der Waals surface area contributed by atoms with Crippen LogP contribution >= 0.6 is 0 Å². The lowest BCUT2D eigenvalue weighted by atomic mass is 9.68. The molecule has 1 aromatic rings. The molecule has 0 amide bonds. The quantitative estimate of drug-likeness (QED) is 0.123. The summed E-state index contributed by atoms with van der Waals surface area (Å²) in [6.07, 6.45) is 6.49. The highest BCUT2D eigenvalue weighted by Gasteiger charge is 2.95. The van der Waals surface area contributed by atoms with E-state index in [9.17, 15) is 74.6 Å². The molecule has 3 rings (SSSR count). The van der Waals surface area contributed by atoms with Crippen LogP contribution in [0.3, 0.4) is 0 Å². The summed E-state index contributed by atoms with van der Waals surface area (Å²) < 4.78 is 232. The molecule has 290 valence electrons. The van der Waals surface area contributed by atoms with Gasteiger partial charge in [-0.3, -0.25) is 0 Å². The van der Waals surface area contributed by atoms with E-state index >= 15 is 0 Å². The van der Waals surface area contributed by atoms with Crippen molar-refractivity contribution >= 4 is 0 Å². The predicted molar refractivity (Wildman–Crippen MR) is 150 cm³/mol. The second-order valence-corrected chi connectivity index (χ2v) is 13.7. The van der Waals surface area contributed by atoms with Crippen LogP contribution in [-0.4, -0.2) is 41.7 Å². The maximum atomic E-state index is 14.7. The van der Waals surface area contributed by atoms with E-state index in [0.29, 0.717) is 30.6 Å². The minimum Gasteiger partial charge on any atom is -0.194 e. The van der Waals surface area contributed by atoms with Gasteiger partial charge in [0.1, 0.15) is 0 Å². The number of benzene rings is 1. The van der Waals surface area contributed by atoms with E-state index < -0.39 is 53.2 Å². The van der Waals surface area contributed by atoms with Crippen molar-refractivity contribution in [3.05, 3.63) is 35.4 Å². The summed E-state index contributed by atoms with van der Waals surface area (Å²) in [5.74, 6) is -55.1. The number of hydrogen-bond acceptors (Lipinski definition) is 0. The van der Waals surface area contributed by atoms with E-state index in [2.05, 4.69) is 6.92 Å². The Morgan fingerprint density at radius 3 is 1.30 bits per heavy atom. The maximum Gasteiger partial charge on any atom is 0.460 e. The molecule has 0 unspecified atom stereocenters. The lowest BCUT2D eigenvalue weighted by molar-refractivity contribution is -0.462. The molecular formula is C33H39F17. The van der Waals surface area contributed by atoms with Gasteiger partial charge in [0, 0.05) is 5.56 Å². The molecule has 0 saturated heterocycles. The monoisotopic (exact) mass is 758 g/mol. The second-order valence-electron chi connectivity index (χ2n) is 13.7. The summed E-state index contributed by atoms with van der Waals surface area (Å²) in [5.41, 5.74) is -1.89. The zero-order valence-corrected chi connectivity index (χ0v) is 26.9. The van der Waals surface area contributed by atoms with E-state index in [4.69, 9.17) is 0 Å². The predicted octanol–water partition coefficient (Wildman–Crippen LogP) is 13.6. The molecule has 50 heavy (non-hydrogen) atoms. The first-order valence-corrected chi connectivity index (χ1v) is 16.5. The third-order valence-electron chi connectivity index (χ3n) is 10.5. The first-order valence-electron chi connectivity index (χ1n) is 16.5. The van der Waals surface area contributed by atoms with Gasteiger partial charge in [-0.25, -0.2) is 0 Å². The van der Waals surface area contributed by atoms with Crippen LogP contribution in [0.25, 0.3) is 0 Å². The zero-order valence-electron chi connectivity index (χ0n) is 26.9. The first-order chi connectivity index (χ1) is 22.7. The minimum atomic E-state index is -8.63. The number of rotatable bonds is 15. The van der Waals surface area contributed by atoms with Gasteiger partial charge in [0.15, 0.2) is 0 Å². The van der Waals surface area contributed by atoms with Crippen molar-refractivity contribution in [3.8, 4) is 0 Å². The second kappa shape index (κ2) is 14.8. The highest BCUT2D eigenvalue weighted by Crippen LogP contribution is 2.65. The third kappa shape index (κ3) is 7.44. The summed E-state index contributed by atoms with van der Waals surface area (Å²) in [4.78, 5) is 0. The Hall–Kier alpha value is -1.97. The first kappa shape index (κ1) is 42.4. The molecule has 0 aromatic heterocycles. The van der Waals surface area contributed by atoms with Gasteiger partial charge in [-0.2, -0.15) is 74.6 Å². The fourth-order valence-electron chi connectivity index (χ4n) is 7.22. The Balaban J connectivity index is 1.68. The molecule has 0 radical (unpaired) electrons. The minimum absolute atomic E-state index is 0.109. The van der Waals surface area contributed by atoms with Crippen molar-refractivity contribution in [1.82, 2.24) is 0 Å². The van der Waals surface area contributed by atoms with Crippen molar-refractivity contribution in [1.29, 1.82) is 0 Å². The van der Waals surface area contributed by atoms with E-state index in [1.165, 1.54) is 38.5 Å². The van der Waals surface area contributed by atoms with Crippen molar-refractivity contribution < 1.29 is 74.6 Å². The maximum absolute atomic E-state index is 14.7. The highest BCUT2D eigenvalue weighted by molar-refractivity contribution is 5.31. The molecule has 0 N–H and O–H groups in total. The van der Waals surface area contributed by atoms with Crippen LogP contribution in [0.15, 0.2) is 24.3 Å². The summed E-state index contributed by atoms with van der Waals surface area (Å²) in [5, 5.41) is 0. The van der Waals surface area contributed by atoms with E-state index in [0.717, 1.165) is 50.7 Å². The molecule has 0 nitrogen and oxygen atoms in total. The molecule has 0 atom stereocenters. The molecule has 0 bridgehead atoms. The van der Waals surface area contributed by atoms with Gasteiger partial charge in [-0.05, 0) is 67.8 Å².